The lowest BCUT2D eigenvalue weighted by Gasteiger charge is -2.18. The van der Waals surface area contributed by atoms with E-state index in [9.17, 15) is 14.4 Å². The highest BCUT2D eigenvalue weighted by molar-refractivity contribution is 5.71. The Balaban J connectivity index is 4.40. The molecule has 0 aliphatic rings. The second-order valence-electron chi connectivity index (χ2n) is 16.7. The molecule has 6 nitrogen and oxygen atoms in total. The van der Waals surface area contributed by atoms with Crippen LogP contribution in [0.1, 0.15) is 245 Å². The highest BCUT2D eigenvalue weighted by atomic mass is 16.6. The van der Waals surface area contributed by atoms with Gasteiger partial charge in [-0.25, -0.2) is 0 Å². The van der Waals surface area contributed by atoms with E-state index in [2.05, 4.69) is 81.5 Å². The number of ether oxygens (including phenoxy) is 3. The summed E-state index contributed by atoms with van der Waals surface area (Å²) in [5, 5.41) is 0. The zero-order chi connectivity index (χ0) is 43.7. The summed E-state index contributed by atoms with van der Waals surface area (Å²) in [6, 6.07) is 0. The van der Waals surface area contributed by atoms with Crippen molar-refractivity contribution in [2.24, 2.45) is 0 Å². The van der Waals surface area contributed by atoms with Gasteiger partial charge in [0, 0.05) is 19.3 Å². The van der Waals surface area contributed by atoms with Gasteiger partial charge in [-0.1, -0.05) is 197 Å². The third kappa shape index (κ3) is 46.2. The monoisotopic (exact) mass is 839 g/mol. The first-order valence-corrected chi connectivity index (χ1v) is 25.3. The van der Waals surface area contributed by atoms with E-state index in [1.54, 1.807) is 0 Å². The largest absolute Gasteiger partial charge is 0.462 e. The number of allylic oxidation sites excluding steroid dienone is 10. The fourth-order valence-electron chi connectivity index (χ4n) is 6.89. The van der Waals surface area contributed by atoms with E-state index >= 15 is 0 Å². The number of unbranched alkanes of at least 4 members (excludes halogenated alkanes) is 24. The normalized spacial score (nSPS) is 12.5. The van der Waals surface area contributed by atoms with Gasteiger partial charge in [-0.05, 0) is 89.9 Å². The molecule has 0 N–H and O–H groups in total. The van der Waals surface area contributed by atoms with Crippen LogP contribution in [0.3, 0.4) is 0 Å². The minimum Gasteiger partial charge on any atom is -0.462 e. The zero-order valence-electron chi connectivity index (χ0n) is 39.5. The summed E-state index contributed by atoms with van der Waals surface area (Å²) in [5.74, 6) is -0.927. The number of carbonyl (C=O) groups is 3. The summed E-state index contributed by atoms with van der Waals surface area (Å²) < 4.78 is 16.7. The Kier molecular flexibility index (Phi) is 46.4. The lowest BCUT2D eigenvalue weighted by molar-refractivity contribution is -0.167. The fourth-order valence-corrected chi connectivity index (χ4v) is 6.89. The van der Waals surface area contributed by atoms with E-state index < -0.39 is 6.10 Å². The van der Waals surface area contributed by atoms with Gasteiger partial charge in [0.15, 0.2) is 6.10 Å². The van der Waals surface area contributed by atoms with Crippen molar-refractivity contribution < 1.29 is 28.6 Å². The van der Waals surface area contributed by atoms with Crippen LogP contribution in [0.4, 0.5) is 0 Å². The third-order valence-electron chi connectivity index (χ3n) is 10.7. The van der Waals surface area contributed by atoms with Crippen molar-refractivity contribution in [1.29, 1.82) is 0 Å². The van der Waals surface area contributed by atoms with Crippen LogP contribution in [0.2, 0.25) is 0 Å². The van der Waals surface area contributed by atoms with Crippen LogP contribution >= 0.6 is 0 Å². The molecule has 0 radical (unpaired) electrons. The van der Waals surface area contributed by atoms with E-state index in [0.29, 0.717) is 19.3 Å². The van der Waals surface area contributed by atoms with Gasteiger partial charge < -0.3 is 14.2 Å². The van der Waals surface area contributed by atoms with Crippen LogP contribution in [0.15, 0.2) is 60.8 Å². The Bertz CT molecular complexity index is 1100. The SMILES string of the molecule is CCCCC/C=C\C/C=C\C/C=C\C/C=C\CCCCCC(=O)OC[C@@H](COC(=O)CCCCCCCCCCCC)OC(=O)CCCCCCC/C=C\CCCCCC. The van der Waals surface area contributed by atoms with Gasteiger partial charge in [0.25, 0.3) is 0 Å². The predicted molar refractivity (Wildman–Crippen MR) is 256 cm³/mol. The molecule has 6 heteroatoms. The maximum Gasteiger partial charge on any atom is 0.306 e. The summed E-state index contributed by atoms with van der Waals surface area (Å²) in [4.78, 5) is 37.8. The maximum absolute atomic E-state index is 12.7. The van der Waals surface area contributed by atoms with Crippen LogP contribution < -0.4 is 0 Å². The van der Waals surface area contributed by atoms with Gasteiger partial charge in [-0.2, -0.15) is 0 Å². The summed E-state index contributed by atoms with van der Waals surface area (Å²) in [7, 11) is 0. The van der Waals surface area contributed by atoms with E-state index in [1.165, 1.54) is 109 Å². The molecule has 60 heavy (non-hydrogen) atoms. The fraction of sp³-hybridized carbons (Fsp3) is 0.759. The van der Waals surface area contributed by atoms with Crippen molar-refractivity contribution in [3.63, 3.8) is 0 Å². The molecule has 0 unspecified atom stereocenters. The standard InChI is InChI=1S/C54H94O6/c1-4-7-10-13-16-19-22-24-25-26-27-28-29-31-32-35-38-41-44-47-53(56)59-50-51(49-58-52(55)46-43-40-37-34-21-18-15-12-9-6-3)60-54(57)48-45-42-39-36-33-30-23-20-17-14-11-8-5-2/h16,19-20,23-25,27-28,31-32,51H,4-15,17-18,21-22,26,29-30,33-50H2,1-3H3/b19-16-,23-20-,25-24-,28-27-,32-31-/t51-/m1/s1. The average Bonchev–Trinajstić information content (AvgIpc) is 3.24. The first-order chi connectivity index (χ1) is 29.5. The van der Waals surface area contributed by atoms with Crippen molar-refractivity contribution in [2.45, 2.75) is 252 Å². The number of esters is 3. The molecule has 0 aliphatic heterocycles. The Morgan fingerprint density at radius 2 is 0.600 bits per heavy atom. The van der Waals surface area contributed by atoms with Gasteiger partial charge >= 0.3 is 17.9 Å². The molecule has 0 heterocycles. The first kappa shape index (κ1) is 57.1. The summed E-state index contributed by atoms with van der Waals surface area (Å²) in [5.41, 5.74) is 0. The molecule has 0 rings (SSSR count). The zero-order valence-corrected chi connectivity index (χ0v) is 39.5. The summed E-state index contributed by atoms with van der Waals surface area (Å²) in [6.45, 7) is 6.55. The van der Waals surface area contributed by atoms with Gasteiger partial charge in [-0.3, -0.25) is 14.4 Å². The van der Waals surface area contributed by atoms with E-state index in [0.717, 1.165) is 96.3 Å². The minimum atomic E-state index is -0.788. The van der Waals surface area contributed by atoms with Gasteiger partial charge in [-0.15, -0.1) is 0 Å². The Morgan fingerprint density at radius 3 is 1.02 bits per heavy atom. The molecule has 0 bridgehead atoms. The summed E-state index contributed by atoms with van der Waals surface area (Å²) >= 11 is 0. The summed E-state index contributed by atoms with van der Waals surface area (Å²) in [6.07, 6.45) is 59.1. The quantitative estimate of drug-likeness (QED) is 0.0263. The molecule has 0 aliphatic carbocycles. The molecule has 1 atom stereocenters. The van der Waals surface area contributed by atoms with E-state index in [4.69, 9.17) is 14.2 Å². The molecule has 0 aromatic rings. The molecule has 0 spiro atoms. The Labute approximate surface area is 370 Å². The van der Waals surface area contributed by atoms with Crippen LogP contribution in [0.25, 0.3) is 0 Å². The van der Waals surface area contributed by atoms with Crippen molar-refractivity contribution in [3.8, 4) is 0 Å². The highest BCUT2D eigenvalue weighted by Crippen LogP contribution is 2.14. The van der Waals surface area contributed by atoms with Crippen molar-refractivity contribution in [2.75, 3.05) is 13.2 Å². The predicted octanol–water partition coefficient (Wildman–Crippen LogP) is 16.5. The van der Waals surface area contributed by atoms with Crippen LogP contribution in [-0.4, -0.2) is 37.2 Å². The smallest absolute Gasteiger partial charge is 0.306 e. The molecule has 0 saturated carbocycles. The lowest BCUT2D eigenvalue weighted by Crippen LogP contribution is -2.30. The van der Waals surface area contributed by atoms with E-state index in [1.807, 2.05) is 0 Å². The Hall–Kier alpha value is -2.89. The van der Waals surface area contributed by atoms with E-state index in [-0.39, 0.29) is 31.1 Å². The van der Waals surface area contributed by atoms with Crippen molar-refractivity contribution in [3.05, 3.63) is 60.8 Å². The van der Waals surface area contributed by atoms with Crippen LogP contribution in [0, 0.1) is 0 Å². The van der Waals surface area contributed by atoms with Crippen molar-refractivity contribution in [1.82, 2.24) is 0 Å². The van der Waals surface area contributed by atoms with Gasteiger partial charge in [0.05, 0.1) is 0 Å². The van der Waals surface area contributed by atoms with Gasteiger partial charge in [0.2, 0.25) is 0 Å². The average molecular weight is 839 g/mol. The first-order valence-electron chi connectivity index (χ1n) is 25.3. The number of rotatable bonds is 45. The second-order valence-corrected chi connectivity index (χ2v) is 16.7. The topological polar surface area (TPSA) is 78.9 Å². The molecule has 0 aromatic heterocycles. The van der Waals surface area contributed by atoms with Crippen LogP contribution in [-0.2, 0) is 28.6 Å². The number of carbonyl (C=O) groups excluding carboxylic acids is 3. The molecular formula is C54H94O6. The molecular weight excluding hydrogens is 745 g/mol. The highest BCUT2D eigenvalue weighted by Gasteiger charge is 2.19. The Morgan fingerprint density at radius 1 is 0.333 bits per heavy atom. The minimum absolute atomic E-state index is 0.0865. The third-order valence-corrected chi connectivity index (χ3v) is 10.7. The number of hydrogen-bond donors (Lipinski definition) is 0. The molecule has 0 amide bonds. The maximum atomic E-state index is 12.7. The van der Waals surface area contributed by atoms with Crippen molar-refractivity contribution >= 4 is 17.9 Å². The molecule has 0 aromatic carbocycles. The molecule has 346 valence electrons. The lowest BCUT2D eigenvalue weighted by atomic mass is 10.1. The van der Waals surface area contributed by atoms with Gasteiger partial charge in [0.1, 0.15) is 13.2 Å². The second kappa shape index (κ2) is 48.8. The molecule has 0 fully saturated rings. The van der Waals surface area contributed by atoms with Crippen LogP contribution in [0.5, 0.6) is 0 Å². The molecule has 0 saturated heterocycles. The number of hydrogen-bond acceptors (Lipinski definition) is 6.